The van der Waals surface area contributed by atoms with Gasteiger partial charge in [-0.15, -0.1) is 11.3 Å². The fraction of sp³-hybridized carbons (Fsp3) is 0.706. The lowest BCUT2D eigenvalue weighted by atomic mass is 9.90. The van der Waals surface area contributed by atoms with Crippen LogP contribution in [0.1, 0.15) is 31.6 Å². The van der Waals surface area contributed by atoms with Gasteiger partial charge in [0.15, 0.2) is 0 Å². The van der Waals surface area contributed by atoms with Crippen LogP contribution >= 0.6 is 11.3 Å². The molecule has 2 saturated heterocycles. The number of morpholine rings is 1. The van der Waals surface area contributed by atoms with Crippen molar-refractivity contribution in [2.45, 2.75) is 38.8 Å². The van der Waals surface area contributed by atoms with E-state index in [0.717, 1.165) is 52.2 Å². The predicted octanol–water partition coefficient (Wildman–Crippen LogP) is 2.60. The topological polar surface area (TPSA) is 32.8 Å². The molecule has 1 atom stereocenters. The first-order valence-electron chi connectivity index (χ1n) is 8.25. The standard InChI is InChI=1S/C17H26N2O2S/c1-14(2)16(20)19-7-4-6-17(13-19)12-18(8-9-21-17)11-15-5-3-10-22-15/h3,5,10,14H,4,6-9,11-13H2,1-2H3. The molecule has 2 fully saturated rings. The van der Waals surface area contributed by atoms with Gasteiger partial charge < -0.3 is 9.64 Å². The molecule has 3 heterocycles. The second-order valence-electron chi connectivity index (χ2n) is 6.84. The molecule has 1 aromatic heterocycles. The number of hydrogen-bond acceptors (Lipinski definition) is 4. The molecule has 2 aliphatic rings. The number of thiophene rings is 1. The maximum Gasteiger partial charge on any atom is 0.225 e. The number of rotatable bonds is 3. The van der Waals surface area contributed by atoms with Gasteiger partial charge in [-0.05, 0) is 24.3 Å². The van der Waals surface area contributed by atoms with E-state index < -0.39 is 0 Å². The maximum atomic E-state index is 12.3. The second-order valence-corrected chi connectivity index (χ2v) is 7.87. The van der Waals surface area contributed by atoms with Crippen LogP contribution in [0.2, 0.25) is 0 Å². The maximum absolute atomic E-state index is 12.3. The summed E-state index contributed by atoms with van der Waals surface area (Å²) in [6.45, 7) is 9.29. The first-order valence-corrected chi connectivity index (χ1v) is 9.13. The molecule has 0 aromatic carbocycles. The first kappa shape index (κ1) is 16.0. The van der Waals surface area contributed by atoms with E-state index >= 15 is 0 Å². The van der Waals surface area contributed by atoms with Gasteiger partial charge >= 0.3 is 0 Å². The van der Waals surface area contributed by atoms with E-state index in [1.54, 1.807) is 0 Å². The zero-order valence-corrected chi connectivity index (χ0v) is 14.4. The van der Waals surface area contributed by atoms with Crippen molar-refractivity contribution in [1.29, 1.82) is 0 Å². The molecule has 1 spiro atoms. The summed E-state index contributed by atoms with van der Waals surface area (Å²) in [4.78, 5) is 18.2. The summed E-state index contributed by atoms with van der Waals surface area (Å²) < 4.78 is 6.18. The molecule has 22 heavy (non-hydrogen) atoms. The number of piperidine rings is 1. The highest BCUT2D eigenvalue weighted by Crippen LogP contribution is 2.30. The number of likely N-dealkylation sites (tertiary alicyclic amines) is 1. The van der Waals surface area contributed by atoms with Crippen LogP contribution in [-0.2, 0) is 16.1 Å². The second kappa shape index (κ2) is 6.69. The number of carbonyl (C=O) groups is 1. The molecule has 3 rings (SSSR count). The zero-order valence-electron chi connectivity index (χ0n) is 13.6. The van der Waals surface area contributed by atoms with Crippen molar-refractivity contribution in [2.75, 3.05) is 32.8 Å². The van der Waals surface area contributed by atoms with Crippen molar-refractivity contribution >= 4 is 17.2 Å². The van der Waals surface area contributed by atoms with E-state index in [-0.39, 0.29) is 17.4 Å². The van der Waals surface area contributed by atoms with Crippen molar-refractivity contribution in [3.63, 3.8) is 0 Å². The van der Waals surface area contributed by atoms with Gasteiger partial charge in [-0.25, -0.2) is 0 Å². The normalized spacial score (nSPS) is 26.8. The summed E-state index contributed by atoms with van der Waals surface area (Å²) in [6.07, 6.45) is 2.11. The van der Waals surface area contributed by atoms with Crippen LogP contribution in [-0.4, -0.2) is 54.1 Å². The highest BCUT2D eigenvalue weighted by molar-refractivity contribution is 7.09. The van der Waals surface area contributed by atoms with Gasteiger partial charge in [0, 0.05) is 37.0 Å². The van der Waals surface area contributed by atoms with Gasteiger partial charge in [-0.1, -0.05) is 19.9 Å². The summed E-state index contributed by atoms with van der Waals surface area (Å²) in [7, 11) is 0. The fourth-order valence-electron chi connectivity index (χ4n) is 3.58. The average molecular weight is 322 g/mol. The third-order valence-corrected chi connectivity index (χ3v) is 5.49. The van der Waals surface area contributed by atoms with E-state index in [4.69, 9.17) is 4.74 Å². The Balaban J connectivity index is 1.65. The Morgan fingerprint density at radius 3 is 3.00 bits per heavy atom. The summed E-state index contributed by atoms with van der Waals surface area (Å²) >= 11 is 1.81. The molecule has 0 saturated carbocycles. The molecule has 0 radical (unpaired) electrons. The molecule has 4 nitrogen and oxygen atoms in total. The summed E-state index contributed by atoms with van der Waals surface area (Å²) in [5, 5.41) is 2.13. The van der Waals surface area contributed by atoms with E-state index in [1.165, 1.54) is 4.88 Å². The van der Waals surface area contributed by atoms with Gasteiger partial charge in [-0.2, -0.15) is 0 Å². The van der Waals surface area contributed by atoms with Crippen LogP contribution in [0, 0.1) is 5.92 Å². The lowest BCUT2D eigenvalue weighted by Gasteiger charge is -2.48. The lowest BCUT2D eigenvalue weighted by molar-refractivity contribution is -0.160. The molecule has 2 aliphatic heterocycles. The van der Waals surface area contributed by atoms with Crippen molar-refractivity contribution in [3.05, 3.63) is 22.4 Å². The smallest absolute Gasteiger partial charge is 0.225 e. The van der Waals surface area contributed by atoms with Gasteiger partial charge in [-0.3, -0.25) is 9.69 Å². The number of nitrogens with zero attached hydrogens (tertiary/aromatic N) is 2. The van der Waals surface area contributed by atoms with Crippen molar-refractivity contribution < 1.29 is 9.53 Å². The van der Waals surface area contributed by atoms with Crippen LogP contribution < -0.4 is 0 Å². The fourth-order valence-corrected chi connectivity index (χ4v) is 4.33. The number of ether oxygens (including phenoxy) is 1. The third-order valence-electron chi connectivity index (χ3n) is 4.63. The Hall–Kier alpha value is -0.910. The molecule has 0 aliphatic carbocycles. The van der Waals surface area contributed by atoms with Crippen LogP contribution in [0.3, 0.4) is 0 Å². The van der Waals surface area contributed by atoms with E-state index in [0.29, 0.717) is 0 Å². The molecule has 0 N–H and O–H groups in total. The average Bonchev–Trinajstić information content (AvgIpc) is 2.99. The van der Waals surface area contributed by atoms with Gasteiger partial charge in [0.2, 0.25) is 5.91 Å². The Bertz CT molecular complexity index is 499. The molecular formula is C17H26N2O2S. The highest BCUT2D eigenvalue weighted by atomic mass is 32.1. The summed E-state index contributed by atoms with van der Waals surface area (Å²) in [5.74, 6) is 0.332. The predicted molar refractivity (Wildman–Crippen MR) is 88.9 cm³/mol. The van der Waals surface area contributed by atoms with Gasteiger partial charge in [0.05, 0.1) is 18.8 Å². The molecule has 122 valence electrons. The van der Waals surface area contributed by atoms with Crippen LogP contribution in [0.5, 0.6) is 0 Å². The van der Waals surface area contributed by atoms with Crippen molar-refractivity contribution in [3.8, 4) is 0 Å². The van der Waals surface area contributed by atoms with Crippen LogP contribution in [0.25, 0.3) is 0 Å². The minimum atomic E-state index is -0.154. The lowest BCUT2D eigenvalue weighted by Crippen LogP contribution is -2.60. The molecule has 0 bridgehead atoms. The van der Waals surface area contributed by atoms with Crippen LogP contribution in [0.4, 0.5) is 0 Å². The van der Waals surface area contributed by atoms with Crippen molar-refractivity contribution in [1.82, 2.24) is 9.80 Å². The monoisotopic (exact) mass is 322 g/mol. The minimum Gasteiger partial charge on any atom is -0.370 e. The molecule has 5 heteroatoms. The SMILES string of the molecule is CC(C)C(=O)N1CCCC2(CN(Cc3cccs3)CCO2)C1. The Morgan fingerprint density at radius 1 is 1.41 bits per heavy atom. The third kappa shape index (κ3) is 3.53. The van der Waals surface area contributed by atoms with E-state index in [2.05, 4.69) is 22.4 Å². The molecule has 1 amide bonds. The summed E-state index contributed by atoms with van der Waals surface area (Å²) in [6, 6.07) is 4.31. The zero-order chi connectivity index (χ0) is 15.6. The van der Waals surface area contributed by atoms with E-state index in [1.807, 2.05) is 30.1 Å². The van der Waals surface area contributed by atoms with Gasteiger partial charge in [0.1, 0.15) is 0 Å². The van der Waals surface area contributed by atoms with Gasteiger partial charge in [0.25, 0.3) is 0 Å². The Labute approximate surface area is 137 Å². The Morgan fingerprint density at radius 2 is 2.27 bits per heavy atom. The number of amides is 1. The number of carbonyl (C=O) groups excluding carboxylic acids is 1. The minimum absolute atomic E-state index is 0.0703. The highest BCUT2D eigenvalue weighted by Gasteiger charge is 2.41. The Kier molecular flexibility index (Phi) is 4.85. The largest absolute Gasteiger partial charge is 0.370 e. The molecule has 1 aromatic rings. The first-order chi connectivity index (χ1) is 10.6. The quantitative estimate of drug-likeness (QED) is 0.857. The molecular weight excluding hydrogens is 296 g/mol. The number of hydrogen-bond donors (Lipinski definition) is 0. The molecule has 1 unspecified atom stereocenters. The summed E-state index contributed by atoms with van der Waals surface area (Å²) in [5.41, 5.74) is -0.154. The van der Waals surface area contributed by atoms with Crippen LogP contribution in [0.15, 0.2) is 17.5 Å². The van der Waals surface area contributed by atoms with E-state index in [9.17, 15) is 4.79 Å². The van der Waals surface area contributed by atoms with Crippen molar-refractivity contribution in [2.24, 2.45) is 5.92 Å².